The molecule has 0 atom stereocenters. The van der Waals surface area contributed by atoms with E-state index in [1.54, 1.807) is 17.8 Å². The number of rotatable bonds is 4. The minimum absolute atomic E-state index is 0.368. The number of aliphatic carboxylic acids is 1. The van der Waals surface area contributed by atoms with E-state index in [1.807, 2.05) is 13.2 Å². The van der Waals surface area contributed by atoms with Crippen molar-refractivity contribution in [3.8, 4) is 10.6 Å². The van der Waals surface area contributed by atoms with Crippen LogP contribution in [0.1, 0.15) is 34.6 Å². The molecule has 1 aliphatic rings. The predicted molar refractivity (Wildman–Crippen MR) is 80.7 cm³/mol. The van der Waals surface area contributed by atoms with E-state index in [-0.39, 0.29) is 5.91 Å². The van der Waals surface area contributed by atoms with Crippen LogP contribution in [-0.2, 0) is 11.8 Å². The summed E-state index contributed by atoms with van der Waals surface area (Å²) in [5.74, 6) is -1.34. The maximum Gasteiger partial charge on any atom is 0.329 e. The summed E-state index contributed by atoms with van der Waals surface area (Å²) in [4.78, 5) is 28.6. The molecule has 1 aliphatic carbocycles. The molecule has 3 rings (SSSR count). The first kappa shape index (κ1) is 14.7. The maximum atomic E-state index is 12.4. The summed E-state index contributed by atoms with van der Waals surface area (Å²) in [5, 5.41) is 16.8. The van der Waals surface area contributed by atoms with E-state index in [1.165, 1.54) is 11.3 Å². The molecule has 7 nitrogen and oxygen atoms in total. The molecule has 0 aliphatic heterocycles. The largest absolute Gasteiger partial charge is 0.480 e. The molecule has 2 aromatic heterocycles. The van der Waals surface area contributed by atoms with Crippen molar-refractivity contribution in [2.75, 3.05) is 0 Å². The van der Waals surface area contributed by atoms with Gasteiger partial charge in [0.25, 0.3) is 5.91 Å². The van der Waals surface area contributed by atoms with Gasteiger partial charge in [-0.25, -0.2) is 9.78 Å². The Kier molecular flexibility index (Phi) is 3.48. The smallest absolute Gasteiger partial charge is 0.329 e. The van der Waals surface area contributed by atoms with Crippen molar-refractivity contribution in [1.29, 1.82) is 0 Å². The van der Waals surface area contributed by atoms with Crippen LogP contribution in [0, 0.1) is 6.92 Å². The van der Waals surface area contributed by atoms with Crippen LogP contribution in [0.4, 0.5) is 0 Å². The van der Waals surface area contributed by atoms with E-state index in [0.29, 0.717) is 28.4 Å². The number of hydrogen-bond donors (Lipinski definition) is 2. The molecule has 1 fully saturated rings. The molecule has 0 radical (unpaired) electrons. The molecule has 0 unspecified atom stereocenters. The Morgan fingerprint density at radius 1 is 1.45 bits per heavy atom. The minimum atomic E-state index is -1.11. The predicted octanol–water partition coefficient (Wildman–Crippen LogP) is 1.59. The normalized spacial score (nSPS) is 16.1. The molecule has 8 heteroatoms. The molecule has 2 heterocycles. The van der Waals surface area contributed by atoms with Crippen LogP contribution in [-0.4, -0.2) is 37.3 Å². The van der Waals surface area contributed by atoms with Gasteiger partial charge in [-0.1, -0.05) is 0 Å². The number of carbonyl (C=O) groups excluding carboxylic acids is 1. The van der Waals surface area contributed by atoms with Crippen molar-refractivity contribution < 1.29 is 14.7 Å². The second-order valence-corrected chi connectivity index (χ2v) is 6.53. The average molecular weight is 320 g/mol. The molecule has 116 valence electrons. The Labute approximate surface area is 131 Å². The standard InChI is InChI=1S/C14H16N4O3S/c1-8-10(11(19)17-14(13(20)21)4-3-5-14)22-12(16-8)9-6-15-18(2)7-9/h6-7H,3-5H2,1-2H3,(H,17,19)(H,20,21). The molecular formula is C14H16N4O3S. The van der Waals surface area contributed by atoms with Crippen molar-refractivity contribution in [3.05, 3.63) is 23.0 Å². The van der Waals surface area contributed by atoms with Gasteiger partial charge in [0.15, 0.2) is 0 Å². The number of thiazole rings is 1. The summed E-state index contributed by atoms with van der Waals surface area (Å²) in [7, 11) is 1.81. The van der Waals surface area contributed by atoms with Gasteiger partial charge < -0.3 is 10.4 Å². The molecule has 0 aromatic carbocycles. The third-order valence-electron chi connectivity index (χ3n) is 3.92. The van der Waals surface area contributed by atoms with Crippen molar-refractivity contribution in [2.24, 2.45) is 7.05 Å². The van der Waals surface area contributed by atoms with Crippen LogP contribution in [0.5, 0.6) is 0 Å². The van der Waals surface area contributed by atoms with E-state index in [2.05, 4.69) is 15.4 Å². The molecular weight excluding hydrogens is 304 g/mol. The zero-order chi connectivity index (χ0) is 15.9. The summed E-state index contributed by atoms with van der Waals surface area (Å²) < 4.78 is 1.67. The number of aryl methyl sites for hydroxylation is 2. The van der Waals surface area contributed by atoms with Crippen molar-refractivity contribution in [2.45, 2.75) is 31.7 Å². The lowest BCUT2D eigenvalue weighted by atomic mass is 9.76. The van der Waals surface area contributed by atoms with Crippen molar-refractivity contribution in [1.82, 2.24) is 20.1 Å². The van der Waals surface area contributed by atoms with Crippen LogP contribution in [0.3, 0.4) is 0 Å². The SMILES string of the molecule is Cc1nc(-c2cnn(C)c2)sc1C(=O)NC1(C(=O)O)CCC1. The number of carboxylic acids is 1. The Balaban J connectivity index is 1.84. The van der Waals surface area contributed by atoms with E-state index in [0.717, 1.165) is 12.0 Å². The number of carbonyl (C=O) groups is 2. The fourth-order valence-electron chi connectivity index (χ4n) is 2.46. The lowest BCUT2D eigenvalue weighted by Gasteiger charge is -2.38. The first-order valence-corrected chi connectivity index (χ1v) is 7.75. The molecule has 1 saturated carbocycles. The molecule has 1 amide bonds. The van der Waals surface area contributed by atoms with Gasteiger partial charge in [-0.3, -0.25) is 9.48 Å². The highest BCUT2D eigenvalue weighted by atomic mass is 32.1. The van der Waals surface area contributed by atoms with Gasteiger partial charge >= 0.3 is 5.97 Å². The van der Waals surface area contributed by atoms with E-state index < -0.39 is 11.5 Å². The molecule has 22 heavy (non-hydrogen) atoms. The highest BCUT2D eigenvalue weighted by molar-refractivity contribution is 7.17. The summed E-state index contributed by atoms with van der Waals surface area (Å²) in [6.07, 6.45) is 5.27. The van der Waals surface area contributed by atoms with Crippen molar-refractivity contribution >= 4 is 23.2 Å². The van der Waals surface area contributed by atoms with Crippen LogP contribution >= 0.6 is 11.3 Å². The van der Waals surface area contributed by atoms with Crippen LogP contribution < -0.4 is 5.32 Å². The summed E-state index contributed by atoms with van der Waals surface area (Å²) in [5.41, 5.74) is 0.328. The Bertz CT molecular complexity index is 745. The zero-order valence-corrected chi connectivity index (χ0v) is 13.1. The Hall–Kier alpha value is -2.22. The minimum Gasteiger partial charge on any atom is -0.480 e. The van der Waals surface area contributed by atoms with Gasteiger partial charge in [0.2, 0.25) is 0 Å². The molecule has 0 saturated heterocycles. The molecule has 0 spiro atoms. The van der Waals surface area contributed by atoms with Crippen LogP contribution in [0.15, 0.2) is 12.4 Å². The lowest BCUT2D eigenvalue weighted by molar-refractivity contribution is -0.148. The van der Waals surface area contributed by atoms with Gasteiger partial charge in [0, 0.05) is 18.8 Å². The quantitative estimate of drug-likeness (QED) is 0.891. The molecule has 2 N–H and O–H groups in total. The molecule has 2 aromatic rings. The van der Waals surface area contributed by atoms with Crippen LogP contribution in [0.25, 0.3) is 10.6 Å². The van der Waals surface area contributed by atoms with E-state index in [4.69, 9.17) is 0 Å². The second-order valence-electron chi connectivity index (χ2n) is 5.53. The average Bonchev–Trinajstić information content (AvgIpc) is 2.99. The van der Waals surface area contributed by atoms with E-state index in [9.17, 15) is 14.7 Å². The van der Waals surface area contributed by atoms with Gasteiger partial charge in [-0.2, -0.15) is 5.10 Å². The highest BCUT2D eigenvalue weighted by Crippen LogP contribution is 2.34. The van der Waals surface area contributed by atoms with Gasteiger partial charge in [-0.15, -0.1) is 11.3 Å². The third kappa shape index (κ3) is 2.39. The lowest BCUT2D eigenvalue weighted by Crippen LogP contribution is -2.59. The van der Waals surface area contributed by atoms with Crippen LogP contribution in [0.2, 0.25) is 0 Å². The van der Waals surface area contributed by atoms with Gasteiger partial charge in [0.1, 0.15) is 15.4 Å². The first-order chi connectivity index (χ1) is 10.4. The van der Waals surface area contributed by atoms with E-state index >= 15 is 0 Å². The fraction of sp³-hybridized carbons (Fsp3) is 0.429. The third-order valence-corrected chi connectivity index (χ3v) is 5.13. The number of nitrogens with zero attached hydrogens (tertiary/aromatic N) is 3. The number of carboxylic acid groups (broad SMARTS) is 1. The highest BCUT2D eigenvalue weighted by Gasteiger charge is 2.46. The second kappa shape index (κ2) is 5.20. The molecule has 0 bridgehead atoms. The van der Waals surface area contributed by atoms with Gasteiger partial charge in [0.05, 0.1) is 11.9 Å². The first-order valence-electron chi connectivity index (χ1n) is 6.94. The summed E-state index contributed by atoms with van der Waals surface area (Å²) in [6, 6.07) is 0. The monoisotopic (exact) mass is 320 g/mol. The summed E-state index contributed by atoms with van der Waals surface area (Å²) in [6.45, 7) is 1.75. The Morgan fingerprint density at radius 3 is 2.68 bits per heavy atom. The van der Waals surface area contributed by atoms with Gasteiger partial charge in [-0.05, 0) is 26.2 Å². The summed E-state index contributed by atoms with van der Waals surface area (Å²) >= 11 is 1.25. The fourth-order valence-corrected chi connectivity index (χ4v) is 3.40. The zero-order valence-electron chi connectivity index (χ0n) is 12.3. The number of amides is 1. The Morgan fingerprint density at radius 2 is 2.18 bits per heavy atom. The maximum absolute atomic E-state index is 12.4. The topological polar surface area (TPSA) is 97.1 Å². The number of aromatic nitrogens is 3. The number of hydrogen-bond acceptors (Lipinski definition) is 5. The van der Waals surface area contributed by atoms with Crippen molar-refractivity contribution in [3.63, 3.8) is 0 Å². The number of nitrogens with one attached hydrogen (secondary N) is 1.